The smallest absolute Gasteiger partial charge is 0.321 e. The van der Waals surface area contributed by atoms with Crippen molar-refractivity contribution < 1.29 is 4.79 Å². The van der Waals surface area contributed by atoms with Crippen molar-refractivity contribution in [2.24, 2.45) is 11.8 Å². The lowest BCUT2D eigenvalue weighted by molar-refractivity contribution is 0.196. The summed E-state index contributed by atoms with van der Waals surface area (Å²) < 4.78 is 0. The van der Waals surface area contributed by atoms with Crippen molar-refractivity contribution in [2.75, 3.05) is 18.4 Å². The molecule has 0 bridgehead atoms. The highest BCUT2D eigenvalue weighted by Gasteiger charge is 2.34. The van der Waals surface area contributed by atoms with Crippen LogP contribution in [0.2, 0.25) is 5.15 Å². The van der Waals surface area contributed by atoms with Crippen LogP contribution < -0.4 is 5.32 Å². The summed E-state index contributed by atoms with van der Waals surface area (Å²) in [4.78, 5) is 18.0. The van der Waals surface area contributed by atoms with Crippen LogP contribution in [0, 0.1) is 11.8 Å². The van der Waals surface area contributed by atoms with Crippen LogP contribution in [0.3, 0.4) is 0 Å². The van der Waals surface area contributed by atoms with E-state index in [-0.39, 0.29) is 6.03 Å². The first-order valence-electron chi connectivity index (χ1n) is 6.90. The molecule has 2 heterocycles. The second-order valence-corrected chi connectivity index (χ2v) is 5.87. The van der Waals surface area contributed by atoms with Gasteiger partial charge in [0.1, 0.15) is 5.15 Å². The third-order valence-electron chi connectivity index (χ3n) is 4.31. The number of amides is 2. The zero-order chi connectivity index (χ0) is 13.2. The minimum Gasteiger partial charge on any atom is -0.324 e. The number of pyridine rings is 1. The molecular formula is C14H18ClN3O. The van der Waals surface area contributed by atoms with E-state index in [1.54, 1.807) is 18.3 Å². The maximum absolute atomic E-state index is 12.1. The zero-order valence-corrected chi connectivity index (χ0v) is 11.6. The number of hydrogen-bond donors (Lipinski definition) is 1. The number of nitrogens with zero attached hydrogens (tertiary/aromatic N) is 2. The summed E-state index contributed by atoms with van der Waals surface area (Å²) in [6, 6.07) is 3.43. The Morgan fingerprint density at radius 2 is 2.16 bits per heavy atom. The Morgan fingerprint density at radius 1 is 1.32 bits per heavy atom. The Bertz CT molecular complexity index is 458. The molecule has 102 valence electrons. The summed E-state index contributed by atoms with van der Waals surface area (Å²) in [6.45, 7) is 1.77. The molecule has 2 aliphatic rings. The normalized spacial score (nSPS) is 23.2. The predicted octanol–water partition coefficient (Wildman–Crippen LogP) is 3.39. The molecule has 1 saturated heterocycles. The van der Waals surface area contributed by atoms with E-state index in [0.29, 0.717) is 16.8 Å². The molecule has 0 spiro atoms. The van der Waals surface area contributed by atoms with Crippen molar-refractivity contribution in [2.45, 2.75) is 25.7 Å². The standard InChI is InChI=1S/C14H18ClN3O/c15-13-5-4-12(8-16-13)17-14(19)18-7-6-11(9-18)10-2-1-3-10/h4-5,8,10-11H,1-3,6-7,9H2,(H,17,19). The largest absolute Gasteiger partial charge is 0.324 e. The molecule has 5 heteroatoms. The van der Waals surface area contributed by atoms with Gasteiger partial charge in [-0.2, -0.15) is 0 Å². The van der Waals surface area contributed by atoms with E-state index < -0.39 is 0 Å². The first-order valence-corrected chi connectivity index (χ1v) is 7.27. The second kappa shape index (κ2) is 5.37. The van der Waals surface area contributed by atoms with E-state index in [0.717, 1.165) is 25.4 Å². The van der Waals surface area contributed by atoms with Gasteiger partial charge in [-0.15, -0.1) is 0 Å². The van der Waals surface area contributed by atoms with Crippen molar-refractivity contribution in [3.05, 3.63) is 23.5 Å². The molecule has 3 rings (SSSR count). The first kappa shape index (κ1) is 12.7. The third-order valence-corrected chi connectivity index (χ3v) is 4.53. The molecule has 1 aromatic rings. The van der Waals surface area contributed by atoms with E-state index in [2.05, 4.69) is 10.3 Å². The molecule has 1 N–H and O–H groups in total. The van der Waals surface area contributed by atoms with E-state index in [1.807, 2.05) is 4.90 Å². The highest BCUT2D eigenvalue weighted by Crippen LogP contribution is 2.38. The molecule has 2 amide bonds. The summed E-state index contributed by atoms with van der Waals surface area (Å²) in [5.41, 5.74) is 0.696. The number of hydrogen-bond acceptors (Lipinski definition) is 2. The van der Waals surface area contributed by atoms with E-state index in [9.17, 15) is 4.79 Å². The second-order valence-electron chi connectivity index (χ2n) is 5.49. The molecule has 0 aromatic carbocycles. The Labute approximate surface area is 118 Å². The topological polar surface area (TPSA) is 45.2 Å². The fourth-order valence-corrected chi connectivity index (χ4v) is 3.03. The van der Waals surface area contributed by atoms with Crippen LogP contribution in [0.25, 0.3) is 0 Å². The number of rotatable bonds is 2. The molecule has 1 aliphatic heterocycles. The number of likely N-dealkylation sites (tertiary alicyclic amines) is 1. The van der Waals surface area contributed by atoms with Gasteiger partial charge in [0.2, 0.25) is 0 Å². The van der Waals surface area contributed by atoms with Crippen LogP contribution in [-0.4, -0.2) is 29.0 Å². The number of nitrogens with one attached hydrogen (secondary N) is 1. The van der Waals surface area contributed by atoms with Gasteiger partial charge in [-0.05, 0) is 30.4 Å². The summed E-state index contributed by atoms with van der Waals surface area (Å²) in [6.07, 6.45) is 6.79. The van der Waals surface area contributed by atoms with Crippen molar-refractivity contribution in [1.29, 1.82) is 0 Å². The lowest BCUT2D eigenvalue weighted by Gasteiger charge is -2.31. The number of urea groups is 1. The van der Waals surface area contributed by atoms with Crippen molar-refractivity contribution in [3.63, 3.8) is 0 Å². The fourth-order valence-electron chi connectivity index (χ4n) is 2.92. The van der Waals surface area contributed by atoms with Gasteiger partial charge in [0.25, 0.3) is 0 Å². The van der Waals surface area contributed by atoms with Gasteiger partial charge in [-0.1, -0.05) is 30.9 Å². The summed E-state index contributed by atoms with van der Waals surface area (Å²) in [7, 11) is 0. The minimum absolute atomic E-state index is 0.0223. The third kappa shape index (κ3) is 2.84. The quantitative estimate of drug-likeness (QED) is 0.844. The van der Waals surface area contributed by atoms with Crippen LogP contribution in [0.4, 0.5) is 10.5 Å². The van der Waals surface area contributed by atoms with E-state index >= 15 is 0 Å². The van der Waals surface area contributed by atoms with Gasteiger partial charge in [0.15, 0.2) is 0 Å². The molecule has 1 atom stereocenters. The monoisotopic (exact) mass is 279 g/mol. The molecule has 0 radical (unpaired) electrons. The van der Waals surface area contributed by atoms with Gasteiger partial charge in [0.05, 0.1) is 11.9 Å². The van der Waals surface area contributed by atoms with Crippen LogP contribution in [0.15, 0.2) is 18.3 Å². The van der Waals surface area contributed by atoms with Gasteiger partial charge in [-0.25, -0.2) is 9.78 Å². The van der Waals surface area contributed by atoms with E-state index in [4.69, 9.17) is 11.6 Å². The number of aromatic nitrogens is 1. The lowest BCUT2D eigenvalue weighted by Crippen LogP contribution is -2.34. The molecule has 4 nitrogen and oxygen atoms in total. The van der Waals surface area contributed by atoms with Crippen LogP contribution in [0.5, 0.6) is 0 Å². The number of carbonyl (C=O) groups is 1. The maximum atomic E-state index is 12.1. The van der Waals surface area contributed by atoms with E-state index in [1.165, 1.54) is 19.3 Å². The van der Waals surface area contributed by atoms with Gasteiger partial charge >= 0.3 is 6.03 Å². The van der Waals surface area contributed by atoms with Crippen LogP contribution in [0.1, 0.15) is 25.7 Å². The first-order chi connectivity index (χ1) is 9.22. The average Bonchev–Trinajstić information content (AvgIpc) is 2.79. The molecule has 19 heavy (non-hydrogen) atoms. The Balaban J connectivity index is 1.54. The highest BCUT2D eigenvalue weighted by atomic mass is 35.5. The van der Waals surface area contributed by atoms with Crippen LogP contribution in [-0.2, 0) is 0 Å². The number of carbonyl (C=O) groups excluding carboxylic acids is 1. The Kier molecular flexibility index (Phi) is 3.60. The van der Waals surface area contributed by atoms with Gasteiger partial charge < -0.3 is 10.2 Å². The fraction of sp³-hybridized carbons (Fsp3) is 0.571. The summed E-state index contributed by atoms with van der Waals surface area (Å²) >= 11 is 5.72. The average molecular weight is 280 g/mol. The van der Waals surface area contributed by atoms with Crippen molar-refractivity contribution >= 4 is 23.3 Å². The number of anilines is 1. The zero-order valence-electron chi connectivity index (χ0n) is 10.8. The Hall–Kier alpha value is -1.29. The minimum atomic E-state index is -0.0223. The van der Waals surface area contributed by atoms with Crippen molar-refractivity contribution in [3.8, 4) is 0 Å². The lowest BCUT2D eigenvalue weighted by atomic mass is 9.75. The molecule has 2 fully saturated rings. The molecule has 1 aromatic heterocycles. The van der Waals surface area contributed by atoms with Crippen molar-refractivity contribution in [1.82, 2.24) is 9.88 Å². The molecular weight excluding hydrogens is 262 g/mol. The maximum Gasteiger partial charge on any atom is 0.321 e. The van der Waals surface area contributed by atoms with Gasteiger partial charge in [0, 0.05) is 13.1 Å². The highest BCUT2D eigenvalue weighted by molar-refractivity contribution is 6.29. The molecule has 1 aliphatic carbocycles. The number of halogens is 1. The SMILES string of the molecule is O=C(Nc1ccc(Cl)nc1)N1CCC(C2CCC2)C1. The summed E-state index contributed by atoms with van der Waals surface area (Å²) in [5.74, 6) is 1.57. The summed E-state index contributed by atoms with van der Waals surface area (Å²) in [5, 5.41) is 3.31. The predicted molar refractivity (Wildman–Crippen MR) is 75.3 cm³/mol. The van der Waals surface area contributed by atoms with Gasteiger partial charge in [-0.3, -0.25) is 0 Å². The molecule has 1 saturated carbocycles. The Morgan fingerprint density at radius 3 is 2.79 bits per heavy atom. The van der Waals surface area contributed by atoms with Crippen LogP contribution >= 0.6 is 11.6 Å². The molecule has 1 unspecified atom stereocenters.